The molecular formula is C27H18Cl3N3O. The van der Waals surface area contributed by atoms with Gasteiger partial charge in [-0.1, -0.05) is 53.5 Å². The average molecular weight is 507 g/mol. The third kappa shape index (κ3) is 4.32. The molecule has 0 amide bonds. The number of carbonyl (C=O) groups excluding carboxylic acids is 1. The summed E-state index contributed by atoms with van der Waals surface area (Å²) in [4.78, 5) is 20.8. The van der Waals surface area contributed by atoms with E-state index in [2.05, 4.69) is 16.0 Å². The van der Waals surface area contributed by atoms with Crippen LogP contribution >= 0.6 is 34.8 Å². The molecule has 1 atom stereocenters. The fourth-order valence-electron chi connectivity index (χ4n) is 4.25. The molecule has 0 spiro atoms. The van der Waals surface area contributed by atoms with Gasteiger partial charge in [-0.3, -0.25) is 4.79 Å². The molecule has 0 fully saturated rings. The molecule has 0 N–H and O–H groups in total. The summed E-state index contributed by atoms with van der Waals surface area (Å²) in [6, 6.07) is 23.1. The number of hydrogen-bond donors (Lipinski definition) is 0. The number of fused-ring (bicyclic) bond motifs is 1. The second-order valence-electron chi connectivity index (χ2n) is 8.03. The zero-order chi connectivity index (χ0) is 23.8. The van der Waals surface area contributed by atoms with Crippen LogP contribution < -0.4 is 0 Å². The van der Waals surface area contributed by atoms with Gasteiger partial charge < -0.3 is 4.57 Å². The number of pyridine rings is 1. The molecule has 1 unspecified atom stereocenters. The van der Waals surface area contributed by atoms with Gasteiger partial charge in [0.05, 0.1) is 17.8 Å². The molecule has 3 aromatic carbocycles. The van der Waals surface area contributed by atoms with Gasteiger partial charge in [-0.2, -0.15) is 0 Å². The van der Waals surface area contributed by atoms with Crippen LogP contribution in [0, 0.1) is 0 Å². The van der Waals surface area contributed by atoms with E-state index in [0.29, 0.717) is 15.6 Å². The largest absolute Gasteiger partial charge is 0.337 e. The second-order valence-corrected chi connectivity index (χ2v) is 9.25. The van der Waals surface area contributed by atoms with Gasteiger partial charge in [0, 0.05) is 34.4 Å². The van der Waals surface area contributed by atoms with Crippen molar-refractivity contribution in [1.29, 1.82) is 0 Å². The Hall–Kier alpha value is -3.18. The van der Waals surface area contributed by atoms with Crippen LogP contribution in [0.1, 0.15) is 33.2 Å². The van der Waals surface area contributed by atoms with Crippen LogP contribution in [0.15, 0.2) is 85.3 Å². The molecule has 34 heavy (non-hydrogen) atoms. The van der Waals surface area contributed by atoms with Crippen LogP contribution in [0.5, 0.6) is 0 Å². The van der Waals surface area contributed by atoms with E-state index < -0.39 is 5.24 Å². The lowest BCUT2D eigenvalue weighted by molar-refractivity contribution is 0.107. The van der Waals surface area contributed by atoms with Gasteiger partial charge in [0.15, 0.2) is 0 Å². The number of rotatable bonds is 5. The van der Waals surface area contributed by atoms with E-state index in [0.717, 1.165) is 33.3 Å². The van der Waals surface area contributed by atoms with Crippen molar-refractivity contribution in [2.45, 2.75) is 5.92 Å². The predicted octanol–water partition coefficient (Wildman–Crippen LogP) is 7.50. The van der Waals surface area contributed by atoms with E-state index in [1.807, 2.05) is 78.5 Å². The summed E-state index contributed by atoms with van der Waals surface area (Å²) >= 11 is 18.2. The SMILES string of the molecule is Cn1cncc1C(c1ccc(Cl)cc1)c1ccc2nc(C(=O)Cl)cc(-c3cccc(Cl)c3)c2c1. The van der Waals surface area contributed by atoms with Crippen LogP contribution in [-0.2, 0) is 7.05 Å². The van der Waals surface area contributed by atoms with Crippen molar-refractivity contribution < 1.29 is 4.79 Å². The molecule has 5 rings (SSSR count). The third-order valence-corrected chi connectivity index (χ3v) is 6.54. The predicted molar refractivity (Wildman–Crippen MR) is 138 cm³/mol. The quantitative estimate of drug-likeness (QED) is 0.232. The van der Waals surface area contributed by atoms with Crippen molar-refractivity contribution in [3.05, 3.63) is 118 Å². The monoisotopic (exact) mass is 505 g/mol. The van der Waals surface area contributed by atoms with Crippen LogP contribution in [-0.4, -0.2) is 19.8 Å². The number of halogens is 3. The Morgan fingerprint density at radius 2 is 1.68 bits per heavy atom. The van der Waals surface area contributed by atoms with E-state index in [1.165, 1.54) is 0 Å². The summed E-state index contributed by atoms with van der Waals surface area (Å²) in [5, 5.41) is 1.56. The molecule has 0 radical (unpaired) electrons. The standard InChI is InChI=1S/C27H18Cl3N3O/c1-33-15-31-14-25(33)26(16-5-8-19(28)9-6-16)18-7-10-23-22(12-18)21(13-24(32-23)27(30)34)17-3-2-4-20(29)11-17/h2-15,26H,1H3. The van der Waals surface area contributed by atoms with Crippen molar-refractivity contribution in [1.82, 2.24) is 14.5 Å². The maximum atomic E-state index is 12.0. The summed E-state index contributed by atoms with van der Waals surface area (Å²) in [6.07, 6.45) is 3.66. The molecule has 0 aliphatic heterocycles. The average Bonchev–Trinajstić information content (AvgIpc) is 3.25. The topological polar surface area (TPSA) is 47.8 Å². The summed E-state index contributed by atoms with van der Waals surface area (Å²) in [5.74, 6) is -0.0873. The van der Waals surface area contributed by atoms with Crippen molar-refractivity contribution in [3.63, 3.8) is 0 Å². The van der Waals surface area contributed by atoms with Crippen LogP contribution in [0.3, 0.4) is 0 Å². The lowest BCUT2D eigenvalue weighted by Gasteiger charge is -2.20. The molecule has 4 nitrogen and oxygen atoms in total. The maximum absolute atomic E-state index is 12.0. The lowest BCUT2D eigenvalue weighted by atomic mass is 9.87. The van der Waals surface area contributed by atoms with E-state index in [9.17, 15) is 4.79 Å². The molecule has 2 heterocycles. The van der Waals surface area contributed by atoms with Gasteiger partial charge in [0.1, 0.15) is 5.69 Å². The zero-order valence-electron chi connectivity index (χ0n) is 18.0. The van der Waals surface area contributed by atoms with Crippen molar-refractivity contribution >= 4 is 50.9 Å². The molecule has 0 aliphatic rings. The summed E-state index contributed by atoms with van der Waals surface area (Å²) in [7, 11) is 1.98. The fourth-order valence-corrected chi connectivity index (χ4v) is 4.67. The van der Waals surface area contributed by atoms with Crippen molar-refractivity contribution in [2.24, 2.45) is 7.05 Å². The first-order chi connectivity index (χ1) is 16.4. The van der Waals surface area contributed by atoms with Gasteiger partial charge in [-0.15, -0.1) is 0 Å². The molecule has 168 valence electrons. The van der Waals surface area contributed by atoms with Gasteiger partial charge in [0.25, 0.3) is 5.24 Å². The Labute approximate surface area is 211 Å². The number of imidazole rings is 1. The minimum Gasteiger partial charge on any atom is -0.337 e. The normalized spacial score (nSPS) is 12.1. The molecule has 0 bridgehead atoms. The number of aryl methyl sites for hydroxylation is 1. The maximum Gasteiger partial charge on any atom is 0.270 e. The molecule has 0 saturated heterocycles. The van der Waals surface area contributed by atoms with Crippen molar-refractivity contribution in [3.8, 4) is 11.1 Å². The number of carbonyl (C=O) groups is 1. The van der Waals surface area contributed by atoms with Crippen LogP contribution in [0.25, 0.3) is 22.0 Å². The first-order valence-corrected chi connectivity index (χ1v) is 11.7. The second kappa shape index (κ2) is 9.22. The summed E-state index contributed by atoms with van der Waals surface area (Å²) < 4.78 is 2.01. The van der Waals surface area contributed by atoms with Crippen molar-refractivity contribution in [2.75, 3.05) is 0 Å². The first-order valence-electron chi connectivity index (χ1n) is 10.5. The molecule has 0 saturated carbocycles. The summed E-state index contributed by atoms with van der Waals surface area (Å²) in [6.45, 7) is 0. The van der Waals surface area contributed by atoms with Crippen LogP contribution in [0.2, 0.25) is 10.0 Å². The number of nitrogens with zero attached hydrogens (tertiary/aromatic N) is 3. The highest BCUT2D eigenvalue weighted by molar-refractivity contribution is 6.67. The minimum atomic E-state index is -0.608. The van der Waals surface area contributed by atoms with Gasteiger partial charge >= 0.3 is 0 Å². The van der Waals surface area contributed by atoms with Gasteiger partial charge in [-0.25, -0.2) is 9.97 Å². The smallest absolute Gasteiger partial charge is 0.270 e. The van der Waals surface area contributed by atoms with E-state index in [-0.39, 0.29) is 11.6 Å². The molecule has 7 heteroatoms. The Morgan fingerprint density at radius 3 is 2.35 bits per heavy atom. The highest BCUT2D eigenvalue weighted by Gasteiger charge is 2.21. The van der Waals surface area contributed by atoms with Gasteiger partial charge in [-0.05, 0) is 76.3 Å². The Morgan fingerprint density at radius 1 is 0.912 bits per heavy atom. The molecule has 5 aromatic rings. The Balaban J connectivity index is 1.77. The molecular weight excluding hydrogens is 489 g/mol. The van der Waals surface area contributed by atoms with E-state index in [4.69, 9.17) is 34.8 Å². The minimum absolute atomic E-state index is 0.0873. The Bertz CT molecular complexity index is 1530. The first kappa shape index (κ1) is 22.6. The Kier molecular flexibility index (Phi) is 6.13. The van der Waals surface area contributed by atoms with E-state index in [1.54, 1.807) is 12.4 Å². The van der Waals surface area contributed by atoms with E-state index >= 15 is 0 Å². The highest BCUT2D eigenvalue weighted by Crippen LogP contribution is 2.37. The third-order valence-electron chi connectivity index (χ3n) is 5.86. The summed E-state index contributed by atoms with van der Waals surface area (Å²) in [5.41, 5.74) is 5.73. The van der Waals surface area contributed by atoms with Crippen LogP contribution in [0.4, 0.5) is 0 Å². The van der Waals surface area contributed by atoms with Gasteiger partial charge in [0.2, 0.25) is 0 Å². The highest BCUT2D eigenvalue weighted by atomic mass is 35.5. The number of aromatic nitrogens is 3. The zero-order valence-corrected chi connectivity index (χ0v) is 20.3. The number of benzene rings is 3. The molecule has 0 aliphatic carbocycles. The lowest BCUT2D eigenvalue weighted by Crippen LogP contribution is -2.08. The molecule has 2 aromatic heterocycles. The fraction of sp³-hybridized carbons (Fsp3) is 0.0741. The number of hydrogen-bond acceptors (Lipinski definition) is 3.